The number of aromatic nitrogens is 3. The molecule has 5 rings (SSSR count). The van der Waals surface area contributed by atoms with E-state index in [4.69, 9.17) is 33.9 Å². The van der Waals surface area contributed by atoms with Crippen molar-refractivity contribution >= 4 is 23.5 Å². The third kappa shape index (κ3) is 6.54. The number of nitrogens with one attached hydrogen (secondary N) is 1. The van der Waals surface area contributed by atoms with E-state index in [1.165, 1.54) is 5.69 Å². The molecule has 2 fully saturated rings. The van der Waals surface area contributed by atoms with Crippen molar-refractivity contribution in [3.8, 4) is 17.2 Å². The van der Waals surface area contributed by atoms with Gasteiger partial charge in [0.2, 0.25) is 17.8 Å². The monoisotopic (exact) mass is 535 g/mol. The van der Waals surface area contributed by atoms with Crippen molar-refractivity contribution in [2.45, 2.75) is 6.42 Å². The molecule has 3 heterocycles. The van der Waals surface area contributed by atoms with Crippen LogP contribution in [0, 0.1) is 0 Å². The number of piperazine rings is 1. The van der Waals surface area contributed by atoms with Crippen molar-refractivity contribution < 1.29 is 18.9 Å². The van der Waals surface area contributed by atoms with E-state index in [9.17, 15) is 0 Å². The summed E-state index contributed by atoms with van der Waals surface area (Å²) in [6.45, 7) is 6.95. The van der Waals surface area contributed by atoms with Gasteiger partial charge in [-0.3, -0.25) is 0 Å². The molecule has 2 saturated heterocycles. The molecule has 2 aromatic carbocycles. The van der Waals surface area contributed by atoms with Gasteiger partial charge in [0.25, 0.3) is 0 Å². The number of benzene rings is 2. The lowest BCUT2D eigenvalue weighted by Gasteiger charge is -2.36. The molecule has 11 nitrogen and oxygen atoms in total. The molecule has 0 amide bonds. The molecule has 39 heavy (non-hydrogen) atoms. The molecule has 0 radical (unpaired) electrons. The molecule has 2 aliphatic heterocycles. The second kappa shape index (κ2) is 12.7. The van der Waals surface area contributed by atoms with Crippen LogP contribution in [0.3, 0.4) is 0 Å². The van der Waals surface area contributed by atoms with Crippen LogP contribution in [0.5, 0.6) is 17.2 Å². The van der Waals surface area contributed by atoms with Gasteiger partial charge in [-0.25, -0.2) is 0 Å². The van der Waals surface area contributed by atoms with Gasteiger partial charge in [-0.2, -0.15) is 15.0 Å². The van der Waals surface area contributed by atoms with Crippen molar-refractivity contribution in [1.29, 1.82) is 0 Å². The third-order valence-electron chi connectivity index (χ3n) is 7.05. The van der Waals surface area contributed by atoms with Crippen molar-refractivity contribution in [2.24, 2.45) is 0 Å². The fourth-order valence-electron chi connectivity index (χ4n) is 4.79. The van der Waals surface area contributed by atoms with Crippen LogP contribution in [0.15, 0.2) is 42.5 Å². The summed E-state index contributed by atoms with van der Waals surface area (Å²) in [7, 11) is 4.98. The molecule has 0 aliphatic carbocycles. The topological polar surface area (TPSA) is 97.3 Å². The van der Waals surface area contributed by atoms with E-state index in [0.29, 0.717) is 37.6 Å². The first-order valence-electron chi connectivity index (χ1n) is 13.3. The molecule has 208 valence electrons. The smallest absolute Gasteiger partial charge is 0.232 e. The van der Waals surface area contributed by atoms with Gasteiger partial charge in [0.05, 0.1) is 34.5 Å². The standard InChI is InChI=1S/C28H37N7O4/c1-36-23-7-5-22(6-8-23)33-12-14-34(15-13-33)27-30-26(31-28(32-27)35-16-18-39-19-17-35)29-11-10-21-4-9-24(37-2)25(20-21)38-3/h4-9,20H,10-19H2,1-3H3,(H,29,30,31,32). The van der Waals surface area contributed by atoms with Gasteiger partial charge >= 0.3 is 0 Å². The Morgan fingerprint density at radius 3 is 2.00 bits per heavy atom. The number of rotatable bonds is 10. The largest absolute Gasteiger partial charge is 0.497 e. The Hall–Kier alpha value is -3.99. The van der Waals surface area contributed by atoms with Crippen LogP contribution < -0.4 is 34.2 Å². The van der Waals surface area contributed by atoms with Gasteiger partial charge in [0, 0.05) is 51.5 Å². The van der Waals surface area contributed by atoms with E-state index < -0.39 is 0 Å². The third-order valence-corrected chi connectivity index (χ3v) is 7.05. The van der Waals surface area contributed by atoms with Gasteiger partial charge in [-0.15, -0.1) is 0 Å². The quantitative estimate of drug-likeness (QED) is 0.415. The molecule has 2 aliphatic rings. The Morgan fingerprint density at radius 2 is 1.36 bits per heavy atom. The van der Waals surface area contributed by atoms with E-state index in [1.54, 1.807) is 21.3 Å². The predicted molar refractivity (Wildman–Crippen MR) is 152 cm³/mol. The molecule has 0 saturated carbocycles. The maximum Gasteiger partial charge on any atom is 0.232 e. The minimum Gasteiger partial charge on any atom is -0.497 e. The normalized spacial score (nSPS) is 15.7. The average molecular weight is 536 g/mol. The van der Waals surface area contributed by atoms with Gasteiger partial charge in [0.15, 0.2) is 11.5 Å². The minimum absolute atomic E-state index is 0.583. The van der Waals surface area contributed by atoms with Gasteiger partial charge in [-0.1, -0.05) is 6.07 Å². The molecule has 0 spiro atoms. The highest BCUT2D eigenvalue weighted by atomic mass is 16.5. The fraction of sp³-hybridized carbons (Fsp3) is 0.464. The molecule has 0 atom stereocenters. The zero-order valence-electron chi connectivity index (χ0n) is 22.9. The van der Waals surface area contributed by atoms with Crippen LogP contribution in [-0.2, 0) is 11.2 Å². The molecular formula is C28H37N7O4. The van der Waals surface area contributed by atoms with Crippen molar-refractivity contribution in [3.63, 3.8) is 0 Å². The van der Waals surface area contributed by atoms with E-state index in [-0.39, 0.29) is 0 Å². The average Bonchev–Trinajstić information content (AvgIpc) is 3.01. The van der Waals surface area contributed by atoms with Crippen molar-refractivity contribution in [2.75, 3.05) is 100 Å². The lowest BCUT2D eigenvalue weighted by molar-refractivity contribution is 0.122. The Bertz CT molecular complexity index is 1210. The highest BCUT2D eigenvalue weighted by Crippen LogP contribution is 2.28. The molecule has 0 unspecified atom stereocenters. The van der Waals surface area contributed by atoms with Crippen molar-refractivity contribution in [3.05, 3.63) is 48.0 Å². The van der Waals surface area contributed by atoms with Crippen LogP contribution in [0.25, 0.3) is 0 Å². The number of ether oxygens (including phenoxy) is 4. The van der Waals surface area contributed by atoms with Crippen LogP contribution >= 0.6 is 0 Å². The maximum atomic E-state index is 5.54. The number of morpholine rings is 1. The molecule has 3 aromatic rings. The van der Waals surface area contributed by atoms with E-state index in [2.05, 4.69) is 32.1 Å². The number of hydrogen-bond acceptors (Lipinski definition) is 11. The molecule has 1 N–H and O–H groups in total. The Kier molecular flexibility index (Phi) is 8.67. The van der Waals surface area contributed by atoms with E-state index in [1.807, 2.05) is 30.3 Å². The first-order chi connectivity index (χ1) is 19.2. The zero-order valence-corrected chi connectivity index (χ0v) is 22.9. The summed E-state index contributed by atoms with van der Waals surface area (Å²) in [5.41, 5.74) is 2.33. The fourth-order valence-corrected chi connectivity index (χ4v) is 4.79. The van der Waals surface area contributed by atoms with Crippen LogP contribution in [0.1, 0.15) is 5.56 Å². The summed E-state index contributed by atoms with van der Waals surface area (Å²) in [5.74, 6) is 4.28. The second-order valence-corrected chi connectivity index (χ2v) is 9.40. The highest BCUT2D eigenvalue weighted by molar-refractivity contribution is 5.52. The van der Waals surface area contributed by atoms with Crippen LogP contribution in [0.4, 0.5) is 23.5 Å². The predicted octanol–water partition coefficient (Wildman–Crippen LogP) is 2.72. The summed E-state index contributed by atoms with van der Waals surface area (Å²) in [6.07, 6.45) is 0.787. The van der Waals surface area contributed by atoms with E-state index >= 15 is 0 Å². The summed E-state index contributed by atoms with van der Waals surface area (Å²) in [5, 5.41) is 3.42. The van der Waals surface area contributed by atoms with Gasteiger partial charge in [-0.05, 0) is 48.4 Å². The Morgan fingerprint density at radius 1 is 0.718 bits per heavy atom. The SMILES string of the molecule is COc1ccc(N2CCN(c3nc(NCCc4ccc(OC)c(OC)c4)nc(N4CCOCC4)n3)CC2)cc1. The first kappa shape index (κ1) is 26.6. The van der Waals surface area contributed by atoms with Gasteiger partial charge in [0.1, 0.15) is 5.75 Å². The maximum absolute atomic E-state index is 5.54. The number of anilines is 4. The van der Waals surface area contributed by atoms with Gasteiger partial charge < -0.3 is 39.0 Å². The summed E-state index contributed by atoms with van der Waals surface area (Å²) >= 11 is 0. The first-order valence-corrected chi connectivity index (χ1v) is 13.3. The number of methoxy groups -OCH3 is 3. The van der Waals surface area contributed by atoms with Crippen LogP contribution in [0.2, 0.25) is 0 Å². The van der Waals surface area contributed by atoms with E-state index in [0.717, 1.165) is 68.5 Å². The Labute approximate surface area is 229 Å². The summed E-state index contributed by atoms with van der Waals surface area (Å²) < 4.78 is 21.6. The molecular weight excluding hydrogens is 498 g/mol. The summed E-state index contributed by atoms with van der Waals surface area (Å²) in [4.78, 5) is 21.3. The molecule has 11 heteroatoms. The molecule has 1 aromatic heterocycles. The zero-order chi connectivity index (χ0) is 27.0. The van der Waals surface area contributed by atoms with Crippen LogP contribution in [-0.4, -0.2) is 95.3 Å². The number of hydrogen-bond donors (Lipinski definition) is 1. The minimum atomic E-state index is 0.583. The lowest BCUT2D eigenvalue weighted by Crippen LogP contribution is -2.47. The lowest BCUT2D eigenvalue weighted by atomic mass is 10.1. The van der Waals surface area contributed by atoms with Crippen molar-refractivity contribution in [1.82, 2.24) is 15.0 Å². The molecule has 0 bridgehead atoms. The number of nitrogens with zero attached hydrogens (tertiary/aromatic N) is 6. The highest BCUT2D eigenvalue weighted by Gasteiger charge is 2.23. The Balaban J connectivity index is 1.27. The second-order valence-electron chi connectivity index (χ2n) is 9.40. The summed E-state index contributed by atoms with van der Waals surface area (Å²) in [6, 6.07) is 14.2.